The third-order valence-electron chi connectivity index (χ3n) is 3.43. The molecule has 130 valence electrons. The molecule has 0 aliphatic heterocycles. The molecule has 0 unspecified atom stereocenters. The van der Waals surface area contributed by atoms with Crippen LogP contribution in [0.25, 0.3) is 17.3 Å². The van der Waals surface area contributed by atoms with Gasteiger partial charge in [-0.05, 0) is 30.3 Å². The minimum Gasteiger partial charge on any atom is -0.360 e. The van der Waals surface area contributed by atoms with Crippen molar-refractivity contribution in [1.82, 2.24) is 5.16 Å². The van der Waals surface area contributed by atoms with Gasteiger partial charge >= 0.3 is 0 Å². The van der Waals surface area contributed by atoms with Crippen LogP contribution in [0.3, 0.4) is 0 Å². The van der Waals surface area contributed by atoms with E-state index in [0.717, 1.165) is 0 Å². The highest BCUT2D eigenvalue weighted by Crippen LogP contribution is 2.36. The molecule has 3 rings (SSSR count). The van der Waals surface area contributed by atoms with Gasteiger partial charge in [-0.3, -0.25) is 0 Å². The molecule has 8 heteroatoms. The molecule has 26 heavy (non-hydrogen) atoms. The highest BCUT2D eigenvalue weighted by atomic mass is 35.5. The lowest BCUT2D eigenvalue weighted by Gasteiger charge is -2.03. The van der Waals surface area contributed by atoms with Crippen LogP contribution < -0.4 is 5.32 Å². The quantitative estimate of drug-likeness (QED) is 0.494. The van der Waals surface area contributed by atoms with Gasteiger partial charge in [0.1, 0.15) is 17.3 Å². The first-order valence-corrected chi connectivity index (χ1v) is 8.74. The second kappa shape index (κ2) is 8.03. The number of hydrogen-bond donors (Lipinski definition) is 1. The van der Waals surface area contributed by atoms with Crippen LogP contribution in [-0.4, -0.2) is 5.16 Å². The number of hydrogen-bond acceptors (Lipinski definition) is 4. The Morgan fingerprint density at radius 1 is 1.04 bits per heavy atom. The fourth-order valence-electron chi connectivity index (χ4n) is 2.23. The van der Waals surface area contributed by atoms with E-state index in [1.165, 1.54) is 0 Å². The zero-order chi connectivity index (χ0) is 18.7. The Morgan fingerprint density at radius 3 is 2.42 bits per heavy atom. The maximum atomic E-state index is 9.50. The molecule has 0 saturated carbocycles. The van der Waals surface area contributed by atoms with Crippen molar-refractivity contribution in [2.24, 2.45) is 0 Å². The van der Waals surface area contributed by atoms with Crippen LogP contribution in [0.5, 0.6) is 0 Å². The molecule has 3 aromatic rings. The fourth-order valence-corrected chi connectivity index (χ4v) is 3.27. The normalized spacial score (nSPS) is 10.9. The molecule has 4 nitrogen and oxygen atoms in total. The first-order chi connectivity index (χ1) is 12.5. The Bertz CT molecular complexity index is 1020. The summed E-state index contributed by atoms with van der Waals surface area (Å²) in [5.74, 6) is 0.260. The summed E-state index contributed by atoms with van der Waals surface area (Å²) >= 11 is 24.3. The van der Waals surface area contributed by atoms with Crippen LogP contribution in [0.4, 0.5) is 5.69 Å². The molecule has 0 fully saturated rings. The molecule has 0 aliphatic carbocycles. The number of nitrogens with one attached hydrogen (secondary N) is 1. The van der Waals surface area contributed by atoms with Crippen LogP contribution in [0.2, 0.25) is 20.1 Å². The molecule has 2 aromatic carbocycles. The summed E-state index contributed by atoms with van der Waals surface area (Å²) in [7, 11) is 0. The molecular weight excluding hydrogens is 416 g/mol. The smallest absolute Gasteiger partial charge is 0.179 e. The van der Waals surface area contributed by atoms with Gasteiger partial charge in [-0.1, -0.05) is 57.6 Å². The van der Waals surface area contributed by atoms with Crippen molar-refractivity contribution in [3.63, 3.8) is 0 Å². The third kappa shape index (κ3) is 3.82. The van der Waals surface area contributed by atoms with Crippen LogP contribution in [-0.2, 0) is 0 Å². The van der Waals surface area contributed by atoms with E-state index < -0.39 is 0 Å². The van der Waals surface area contributed by atoms with Gasteiger partial charge in [0.15, 0.2) is 5.76 Å². The molecule has 0 saturated heterocycles. The monoisotopic (exact) mass is 423 g/mol. The summed E-state index contributed by atoms with van der Waals surface area (Å²) < 4.78 is 5.27. The van der Waals surface area contributed by atoms with Gasteiger partial charge in [0.05, 0.1) is 20.8 Å². The minimum absolute atomic E-state index is 0.222. The van der Waals surface area contributed by atoms with E-state index in [9.17, 15) is 5.26 Å². The zero-order valence-corrected chi connectivity index (χ0v) is 16.0. The van der Waals surface area contributed by atoms with E-state index in [0.29, 0.717) is 31.3 Å². The van der Waals surface area contributed by atoms with E-state index in [1.54, 1.807) is 48.7 Å². The van der Waals surface area contributed by atoms with Gasteiger partial charge in [-0.25, -0.2) is 0 Å². The average Bonchev–Trinajstić information content (AvgIpc) is 2.99. The predicted molar refractivity (Wildman–Crippen MR) is 106 cm³/mol. The SMILES string of the molecule is N#Cc1c(-c2c(Cl)cccc2Cl)noc1C=CNc1ccc(Cl)cc1Cl. The first-order valence-electron chi connectivity index (χ1n) is 7.23. The average molecular weight is 425 g/mol. The van der Waals surface area contributed by atoms with Gasteiger partial charge in [0.25, 0.3) is 0 Å². The largest absolute Gasteiger partial charge is 0.360 e. The predicted octanol–water partition coefficient (Wildman–Crippen LogP) is 6.91. The summed E-state index contributed by atoms with van der Waals surface area (Å²) in [6.45, 7) is 0. The van der Waals surface area contributed by atoms with Gasteiger partial charge in [0, 0.05) is 22.9 Å². The summed E-state index contributed by atoms with van der Waals surface area (Å²) in [4.78, 5) is 0. The lowest BCUT2D eigenvalue weighted by atomic mass is 10.1. The molecule has 1 heterocycles. The van der Waals surface area contributed by atoms with Crippen LogP contribution in [0, 0.1) is 11.3 Å². The Morgan fingerprint density at radius 2 is 1.77 bits per heavy atom. The lowest BCUT2D eigenvalue weighted by Crippen LogP contribution is -1.89. The van der Waals surface area contributed by atoms with E-state index in [2.05, 4.69) is 16.5 Å². The second-order valence-corrected chi connectivity index (χ2v) is 6.74. The highest BCUT2D eigenvalue weighted by molar-refractivity contribution is 6.39. The number of aromatic nitrogens is 1. The Kier molecular flexibility index (Phi) is 5.75. The van der Waals surface area contributed by atoms with E-state index in [4.69, 9.17) is 50.9 Å². The standard InChI is InChI=1S/C18H9Cl4N3O/c19-10-4-5-15(14(22)8-10)24-7-6-16-11(9-23)18(25-26-16)17-12(20)2-1-3-13(17)21/h1-8,24H. The molecule has 0 radical (unpaired) electrons. The van der Waals surface area contributed by atoms with Crippen molar-refractivity contribution >= 4 is 58.2 Å². The fraction of sp³-hybridized carbons (Fsp3) is 0. The van der Waals surface area contributed by atoms with Crippen molar-refractivity contribution in [2.75, 3.05) is 5.32 Å². The zero-order valence-electron chi connectivity index (χ0n) is 12.9. The van der Waals surface area contributed by atoms with Crippen LogP contribution >= 0.6 is 46.4 Å². The van der Waals surface area contributed by atoms with E-state index in [1.807, 2.05) is 0 Å². The molecule has 0 aliphatic rings. The summed E-state index contributed by atoms with van der Waals surface area (Å²) in [6, 6.07) is 12.2. The van der Waals surface area contributed by atoms with E-state index in [-0.39, 0.29) is 17.0 Å². The molecule has 0 bridgehead atoms. The number of nitriles is 1. The maximum Gasteiger partial charge on any atom is 0.179 e. The van der Waals surface area contributed by atoms with Crippen molar-refractivity contribution < 1.29 is 4.52 Å². The molecule has 0 amide bonds. The van der Waals surface area contributed by atoms with Gasteiger partial charge in [0.2, 0.25) is 0 Å². The maximum absolute atomic E-state index is 9.50. The van der Waals surface area contributed by atoms with Crippen LogP contribution in [0.1, 0.15) is 11.3 Å². The first kappa shape index (κ1) is 18.6. The highest BCUT2D eigenvalue weighted by Gasteiger charge is 2.20. The Hall–Kier alpha value is -2.16. The van der Waals surface area contributed by atoms with Crippen molar-refractivity contribution in [3.8, 4) is 17.3 Å². The molecule has 0 spiro atoms. The number of benzene rings is 2. The third-order valence-corrected chi connectivity index (χ3v) is 4.61. The second-order valence-electron chi connectivity index (χ2n) is 5.08. The summed E-state index contributed by atoms with van der Waals surface area (Å²) in [6.07, 6.45) is 3.14. The number of nitrogens with zero attached hydrogens (tertiary/aromatic N) is 2. The number of halogens is 4. The molecule has 1 aromatic heterocycles. The lowest BCUT2D eigenvalue weighted by molar-refractivity contribution is 0.415. The molecule has 1 N–H and O–H groups in total. The minimum atomic E-state index is 0.222. The number of rotatable bonds is 4. The van der Waals surface area contributed by atoms with Gasteiger partial charge < -0.3 is 9.84 Å². The Labute approximate surface area is 169 Å². The van der Waals surface area contributed by atoms with Crippen molar-refractivity contribution in [1.29, 1.82) is 5.26 Å². The van der Waals surface area contributed by atoms with Crippen LogP contribution in [0.15, 0.2) is 47.1 Å². The van der Waals surface area contributed by atoms with Crippen molar-refractivity contribution in [3.05, 3.63) is 74.0 Å². The number of anilines is 1. The van der Waals surface area contributed by atoms with Gasteiger partial charge in [-0.15, -0.1) is 0 Å². The summed E-state index contributed by atoms with van der Waals surface area (Å²) in [5.41, 5.74) is 1.61. The van der Waals surface area contributed by atoms with Crippen molar-refractivity contribution in [2.45, 2.75) is 0 Å². The van der Waals surface area contributed by atoms with E-state index >= 15 is 0 Å². The molecular formula is C18H9Cl4N3O. The summed E-state index contributed by atoms with van der Waals surface area (Å²) in [5, 5.41) is 18.2. The topological polar surface area (TPSA) is 61.9 Å². The Balaban J connectivity index is 1.90. The molecule has 0 atom stereocenters. The van der Waals surface area contributed by atoms with Gasteiger partial charge in [-0.2, -0.15) is 5.26 Å².